The van der Waals surface area contributed by atoms with Crippen LogP contribution in [0.15, 0.2) is 24.3 Å². The molecule has 0 amide bonds. The maximum absolute atomic E-state index is 13.0. The third-order valence-electron chi connectivity index (χ3n) is 14.9. The third-order valence-corrected chi connectivity index (χ3v) is 16.8. The van der Waals surface area contributed by atoms with Crippen molar-refractivity contribution >= 4 is 39.5 Å². The molecule has 17 nitrogen and oxygen atoms in total. The molecular formula is C66H124O17P2. The van der Waals surface area contributed by atoms with E-state index in [1.165, 1.54) is 83.5 Å². The van der Waals surface area contributed by atoms with E-state index in [1.807, 2.05) is 0 Å². The second kappa shape index (κ2) is 56.8. The molecule has 3 unspecified atom stereocenters. The molecule has 0 radical (unpaired) electrons. The predicted molar refractivity (Wildman–Crippen MR) is 340 cm³/mol. The van der Waals surface area contributed by atoms with Crippen molar-refractivity contribution in [1.29, 1.82) is 0 Å². The van der Waals surface area contributed by atoms with Crippen LogP contribution in [0.25, 0.3) is 0 Å². The van der Waals surface area contributed by atoms with Gasteiger partial charge in [0.15, 0.2) is 12.2 Å². The molecule has 0 aliphatic rings. The maximum Gasteiger partial charge on any atom is 0.472 e. The average molecular weight is 1250 g/mol. The highest BCUT2D eigenvalue weighted by Crippen LogP contribution is 2.45. The molecule has 19 heteroatoms. The number of phosphoric ester groups is 2. The highest BCUT2D eigenvalue weighted by Gasteiger charge is 2.30. The third kappa shape index (κ3) is 59.0. The van der Waals surface area contributed by atoms with E-state index in [0.717, 1.165) is 127 Å². The van der Waals surface area contributed by atoms with E-state index in [1.54, 1.807) is 0 Å². The van der Waals surface area contributed by atoms with E-state index < -0.39 is 97.5 Å². The number of aliphatic hydroxyl groups excluding tert-OH is 1. The molecule has 0 saturated carbocycles. The van der Waals surface area contributed by atoms with Gasteiger partial charge >= 0.3 is 39.5 Å². The van der Waals surface area contributed by atoms with E-state index >= 15 is 0 Å². The van der Waals surface area contributed by atoms with Crippen molar-refractivity contribution in [3.05, 3.63) is 24.3 Å². The Morgan fingerprint density at radius 3 is 1.05 bits per heavy atom. The summed E-state index contributed by atoms with van der Waals surface area (Å²) in [6.07, 6.45) is 41.4. The molecule has 0 heterocycles. The molecule has 0 aromatic carbocycles. The lowest BCUT2D eigenvalue weighted by Crippen LogP contribution is -2.30. The fourth-order valence-electron chi connectivity index (χ4n) is 9.26. The number of hydrogen-bond donors (Lipinski definition) is 3. The predicted octanol–water partition coefficient (Wildman–Crippen LogP) is 17.8. The Labute approximate surface area is 516 Å². The zero-order valence-corrected chi connectivity index (χ0v) is 56.3. The summed E-state index contributed by atoms with van der Waals surface area (Å²) in [5.74, 6) is -0.0494. The molecule has 85 heavy (non-hydrogen) atoms. The molecule has 0 saturated heterocycles. The first kappa shape index (κ1) is 82.5. The molecule has 0 spiro atoms. The first-order chi connectivity index (χ1) is 40.8. The van der Waals surface area contributed by atoms with E-state index in [4.69, 9.17) is 37.0 Å². The molecule has 0 bridgehead atoms. The minimum Gasteiger partial charge on any atom is -0.462 e. The SMILES string of the molecule is CCCCCC/C=C\C=C/CCCCCCCC(=O)O[C@H](COC(=O)CCCCCCCCCCC(C)C)COP(=O)(O)OC[C@@H](O)COP(=O)(O)OC[C@@H](COC(=O)CCCCCCCCC(C)C)OC(=O)CCCCCCCCC(C)CC. The number of hydrogen-bond acceptors (Lipinski definition) is 15. The average Bonchev–Trinajstić information content (AvgIpc) is 3.57. The summed E-state index contributed by atoms with van der Waals surface area (Å²) in [4.78, 5) is 72.2. The zero-order chi connectivity index (χ0) is 63.1. The van der Waals surface area contributed by atoms with Gasteiger partial charge in [0.25, 0.3) is 0 Å². The second-order valence-corrected chi connectivity index (χ2v) is 27.3. The van der Waals surface area contributed by atoms with Crippen molar-refractivity contribution in [2.45, 2.75) is 317 Å². The summed E-state index contributed by atoms with van der Waals surface area (Å²) in [5.41, 5.74) is 0. The van der Waals surface area contributed by atoms with Gasteiger partial charge in [0.1, 0.15) is 19.3 Å². The molecule has 0 rings (SSSR count). The monoisotopic (exact) mass is 1250 g/mol. The minimum atomic E-state index is -4.96. The van der Waals surface area contributed by atoms with Crippen molar-refractivity contribution < 1.29 is 80.2 Å². The number of esters is 4. The fourth-order valence-corrected chi connectivity index (χ4v) is 10.8. The van der Waals surface area contributed by atoms with Crippen molar-refractivity contribution in [3.63, 3.8) is 0 Å². The smallest absolute Gasteiger partial charge is 0.462 e. The van der Waals surface area contributed by atoms with Gasteiger partial charge in [-0.2, -0.15) is 0 Å². The van der Waals surface area contributed by atoms with Gasteiger partial charge in [0.05, 0.1) is 26.4 Å². The number of ether oxygens (including phenoxy) is 4. The molecule has 6 atom stereocenters. The Kier molecular flexibility index (Phi) is 55.1. The first-order valence-electron chi connectivity index (χ1n) is 33.7. The highest BCUT2D eigenvalue weighted by molar-refractivity contribution is 7.47. The Balaban J connectivity index is 5.29. The summed E-state index contributed by atoms with van der Waals surface area (Å²) < 4.78 is 68.0. The lowest BCUT2D eigenvalue weighted by atomic mass is 10.00. The van der Waals surface area contributed by atoms with Crippen LogP contribution in [0.3, 0.4) is 0 Å². The summed E-state index contributed by atoms with van der Waals surface area (Å²) in [5, 5.41) is 10.5. The van der Waals surface area contributed by atoms with Crippen LogP contribution in [0, 0.1) is 17.8 Å². The quantitative estimate of drug-likeness (QED) is 0.0169. The van der Waals surface area contributed by atoms with E-state index in [9.17, 15) is 43.2 Å². The van der Waals surface area contributed by atoms with E-state index in [-0.39, 0.29) is 25.7 Å². The number of carbonyl (C=O) groups excluding carboxylic acids is 4. The van der Waals surface area contributed by atoms with Gasteiger partial charge < -0.3 is 33.8 Å². The second-order valence-electron chi connectivity index (χ2n) is 24.4. The van der Waals surface area contributed by atoms with E-state index in [0.29, 0.717) is 31.6 Å². The number of allylic oxidation sites excluding steroid dienone is 4. The van der Waals surface area contributed by atoms with Crippen LogP contribution in [-0.4, -0.2) is 96.7 Å². The lowest BCUT2D eigenvalue weighted by molar-refractivity contribution is -0.161. The van der Waals surface area contributed by atoms with Crippen LogP contribution in [0.5, 0.6) is 0 Å². The van der Waals surface area contributed by atoms with Gasteiger partial charge in [0, 0.05) is 25.7 Å². The summed E-state index contributed by atoms with van der Waals surface area (Å²) in [7, 11) is -9.90. The van der Waals surface area contributed by atoms with Crippen LogP contribution in [0.4, 0.5) is 0 Å². The molecule has 0 aromatic rings. The Hall–Kier alpha value is -2.46. The molecular weight excluding hydrogens is 1130 g/mol. The molecule has 0 fully saturated rings. The van der Waals surface area contributed by atoms with Crippen molar-refractivity contribution in [2.75, 3.05) is 39.6 Å². The Bertz CT molecular complexity index is 1780. The van der Waals surface area contributed by atoms with Crippen molar-refractivity contribution in [1.82, 2.24) is 0 Å². The largest absolute Gasteiger partial charge is 0.472 e. The van der Waals surface area contributed by atoms with Gasteiger partial charge in [-0.15, -0.1) is 0 Å². The van der Waals surface area contributed by atoms with Crippen LogP contribution >= 0.6 is 15.6 Å². The van der Waals surface area contributed by atoms with Crippen molar-refractivity contribution in [3.8, 4) is 0 Å². The summed E-state index contributed by atoms with van der Waals surface area (Å²) in [6, 6.07) is 0. The summed E-state index contributed by atoms with van der Waals surface area (Å²) in [6.45, 7) is 11.6. The fraction of sp³-hybridized carbons (Fsp3) is 0.879. The number of unbranched alkanes of at least 4 members (excludes halogenated alkanes) is 26. The van der Waals surface area contributed by atoms with Crippen molar-refractivity contribution in [2.24, 2.45) is 17.8 Å². The molecule has 3 N–H and O–H groups in total. The number of carbonyl (C=O) groups is 4. The van der Waals surface area contributed by atoms with Crippen LogP contribution in [0.1, 0.15) is 299 Å². The molecule has 500 valence electrons. The van der Waals surface area contributed by atoms with E-state index in [2.05, 4.69) is 72.8 Å². The van der Waals surface area contributed by atoms with Gasteiger partial charge in [-0.05, 0) is 69.1 Å². The number of aliphatic hydroxyl groups is 1. The minimum absolute atomic E-state index is 0.0836. The van der Waals surface area contributed by atoms with Gasteiger partial charge in [-0.1, -0.05) is 246 Å². The first-order valence-corrected chi connectivity index (χ1v) is 36.7. The van der Waals surface area contributed by atoms with Crippen LogP contribution in [-0.2, 0) is 65.4 Å². The number of rotatable bonds is 62. The normalized spacial score (nSPS) is 14.8. The van der Waals surface area contributed by atoms with Gasteiger partial charge in [0.2, 0.25) is 0 Å². The molecule has 0 aliphatic heterocycles. The molecule has 0 aliphatic carbocycles. The number of phosphoric acid groups is 2. The van der Waals surface area contributed by atoms with Gasteiger partial charge in [-0.25, -0.2) is 9.13 Å². The topological polar surface area (TPSA) is 237 Å². The highest BCUT2D eigenvalue weighted by atomic mass is 31.2. The maximum atomic E-state index is 13.0. The van der Waals surface area contributed by atoms with Crippen LogP contribution < -0.4 is 0 Å². The van der Waals surface area contributed by atoms with Crippen LogP contribution in [0.2, 0.25) is 0 Å². The van der Waals surface area contributed by atoms with Gasteiger partial charge in [-0.3, -0.25) is 37.3 Å². The molecule has 0 aromatic heterocycles. The standard InChI is InChI=1S/C66H124O17P2/c1-8-10-11-12-13-14-15-16-17-18-19-20-25-35-42-49-65(70)82-61(53-76-63(68)47-40-33-24-22-21-23-30-37-44-57(3)4)55-80-84(72,73)78-51-60(67)52-79-85(74,75)81-56-62(54-77-64(69)48-41-34-28-26-31-38-45-58(5)6)83-66(71)50-43-36-29-27-32-39-46-59(7)9-2/h14-17,57-62,67H,8-13,18-56H2,1-7H3,(H,72,73)(H,74,75)/b15-14-,17-16-/t59?,60-,61-,62-/m1/s1. The lowest BCUT2D eigenvalue weighted by Gasteiger charge is -2.21. The zero-order valence-electron chi connectivity index (χ0n) is 54.5. The Morgan fingerprint density at radius 2 is 0.694 bits per heavy atom. The summed E-state index contributed by atoms with van der Waals surface area (Å²) >= 11 is 0. The Morgan fingerprint density at radius 1 is 0.388 bits per heavy atom.